The SMILES string of the molecule is C[Si](C)(O)c1cc2c(s1)-c1sc([Si](C)(C)O)cc1C2(c1ccccc1)c1ccccc1. The highest BCUT2D eigenvalue weighted by atomic mass is 32.1. The lowest BCUT2D eigenvalue weighted by atomic mass is 9.68. The van der Waals surface area contributed by atoms with Crippen LogP contribution in [0.2, 0.25) is 26.2 Å². The molecule has 0 fully saturated rings. The number of thiophene rings is 2. The van der Waals surface area contributed by atoms with Crippen molar-refractivity contribution in [3.8, 4) is 9.75 Å². The highest BCUT2D eigenvalue weighted by Gasteiger charge is 2.50. The summed E-state index contributed by atoms with van der Waals surface area (Å²) in [6.07, 6.45) is 0. The molecule has 0 saturated heterocycles. The predicted molar refractivity (Wildman–Crippen MR) is 138 cm³/mol. The van der Waals surface area contributed by atoms with Crippen molar-refractivity contribution in [1.29, 1.82) is 0 Å². The maximum atomic E-state index is 11.0. The van der Waals surface area contributed by atoms with Crippen LogP contribution in [0.4, 0.5) is 0 Å². The van der Waals surface area contributed by atoms with E-state index < -0.39 is 22.0 Å². The average molecular weight is 479 g/mol. The Morgan fingerprint density at radius 1 is 0.613 bits per heavy atom. The number of hydrogen-bond acceptors (Lipinski definition) is 4. The van der Waals surface area contributed by atoms with E-state index in [9.17, 15) is 9.59 Å². The molecule has 0 amide bonds. The van der Waals surface area contributed by atoms with Gasteiger partial charge < -0.3 is 9.59 Å². The van der Waals surface area contributed by atoms with Crippen molar-refractivity contribution in [2.45, 2.75) is 31.6 Å². The minimum Gasteiger partial charge on any atom is -0.427 e. The molecule has 158 valence electrons. The molecule has 1 aliphatic carbocycles. The quantitative estimate of drug-likeness (QED) is 0.358. The minimum atomic E-state index is -2.46. The fourth-order valence-electron chi connectivity index (χ4n) is 4.59. The van der Waals surface area contributed by atoms with Gasteiger partial charge in [-0.1, -0.05) is 60.7 Å². The van der Waals surface area contributed by atoms with E-state index in [0.717, 1.165) is 9.00 Å². The molecule has 0 spiro atoms. The average Bonchev–Trinajstić information content (AvgIpc) is 3.39. The molecule has 2 aromatic carbocycles. The second-order valence-electron chi connectivity index (χ2n) is 9.31. The molecule has 31 heavy (non-hydrogen) atoms. The Kier molecular flexibility index (Phi) is 4.82. The van der Waals surface area contributed by atoms with Gasteiger partial charge in [0.15, 0.2) is 0 Å². The first-order valence-corrected chi connectivity index (χ1v) is 18.0. The highest BCUT2D eigenvalue weighted by molar-refractivity contribution is 7.33. The first-order valence-electron chi connectivity index (χ1n) is 10.5. The van der Waals surface area contributed by atoms with E-state index in [0.29, 0.717) is 0 Å². The topological polar surface area (TPSA) is 40.5 Å². The molecular weight excluding hydrogens is 453 g/mol. The molecule has 0 aliphatic heterocycles. The molecule has 0 saturated carbocycles. The monoisotopic (exact) mass is 478 g/mol. The van der Waals surface area contributed by atoms with Gasteiger partial charge in [-0.15, -0.1) is 22.7 Å². The lowest BCUT2D eigenvalue weighted by Gasteiger charge is -2.33. The lowest BCUT2D eigenvalue weighted by molar-refractivity contribution is 0.568. The molecule has 0 atom stereocenters. The Balaban J connectivity index is 1.93. The first kappa shape index (κ1) is 21.1. The van der Waals surface area contributed by atoms with Crippen LogP contribution >= 0.6 is 22.7 Å². The van der Waals surface area contributed by atoms with Crippen molar-refractivity contribution in [1.82, 2.24) is 0 Å². The van der Waals surface area contributed by atoms with Gasteiger partial charge >= 0.3 is 0 Å². The molecule has 2 heterocycles. The first-order chi connectivity index (χ1) is 14.6. The molecule has 6 heteroatoms. The fraction of sp³-hybridized carbons (Fsp3) is 0.200. The molecule has 0 unspecified atom stereocenters. The number of rotatable bonds is 4. The molecule has 2 N–H and O–H groups in total. The summed E-state index contributed by atoms with van der Waals surface area (Å²) in [6.45, 7) is 7.97. The van der Waals surface area contributed by atoms with Crippen LogP contribution in [0, 0.1) is 0 Å². The van der Waals surface area contributed by atoms with Crippen LogP contribution < -0.4 is 9.00 Å². The summed E-state index contributed by atoms with van der Waals surface area (Å²) in [5, 5.41) is 0. The van der Waals surface area contributed by atoms with Gasteiger partial charge in [-0.2, -0.15) is 0 Å². The molecule has 0 radical (unpaired) electrons. The van der Waals surface area contributed by atoms with E-state index in [4.69, 9.17) is 0 Å². The molecule has 4 aromatic rings. The molecule has 5 rings (SSSR count). The number of fused-ring (bicyclic) bond motifs is 3. The summed E-state index contributed by atoms with van der Waals surface area (Å²) < 4.78 is 2.21. The van der Waals surface area contributed by atoms with E-state index in [1.165, 1.54) is 32.0 Å². The maximum absolute atomic E-state index is 11.0. The molecule has 1 aliphatic rings. The lowest BCUT2D eigenvalue weighted by Crippen LogP contribution is -2.40. The Hall–Kier alpha value is -1.81. The second kappa shape index (κ2) is 7.10. The summed E-state index contributed by atoms with van der Waals surface area (Å²) >= 11 is 3.49. The van der Waals surface area contributed by atoms with Crippen molar-refractivity contribution >= 4 is 48.3 Å². The van der Waals surface area contributed by atoms with Gasteiger partial charge in [0, 0.05) is 18.8 Å². The van der Waals surface area contributed by atoms with Crippen LogP contribution in [0.1, 0.15) is 22.3 Å². The van der Waals surface area contributed by atoms with Crippen LogP contribution in [0.5, 0.6) is 0 Å². The van der Waals surface area contributed by atoms with E-state index in [2.05, 4.69) is 72.8 Å². The zero-order chi connectivity index (χ0) is 22.0. The van der Waals surface area contributed by atoms with Gasteiger partial charge in [-0.05, 0) is 60.6 Å². The standard InChI is InChI=1S/C25H26O2S2Si2/c1-30(2,26)21-15-19-23(28-21)24-20(16-22(29-24)31(3,4)27)25(19,17-11-7-5-8-12-17)18-13-9-6-10-14-18/h5-16,26-27H,1-4H3. The molecule has 2 aromatic heterocycles. The Morgan fingerprint density at radius 3 is 1.29 bits per heavy atom. The van der Waals surface area contributed by atoms with Gasteiger partial charge in [0.05, 0.1) is 5.41 Å². The number of hydrogen-bond donors (Lipinski definition) is 2. The Labute approximate surface area is 193 Å². The van der Waals surface area contributed by atoms with E-state index in [1.54, 1.807) is 22.7 Å². The molecule has 2 nitrogen and oxygen atoms in total. The van der Waals surface area contributed by atoms with Crippen LogP contribution in [0.15, 0.2) is 72.8 Å². The maximum Gasteiger partial charge on any atom is 0.224 e. The normalized spacial score (nSPS) is 15.0. The predicted octanol–water partition coefficient (Wildman–Crippen LogP) is 4.98. The third-order valence-corrected chi connectivity index (χ3v) is 14.5. The van der Waals surface area contributed by atoms with Crippen molar-refractivity contribution in [2.24, 2.45) is 0 Å². The van der Waals surface area contributed by atoms with Gasteiger partial charge in [-0.25, -0.2) is 0 Å². The van der Waals surface area contributed by atoms with Crippen LogP contribution in [0.25, 0.3) is 9.75 Å². The van der Waals surface area contributed by atoms with Gasteiger partial charge in [0.1, 0.15) is 0 Å². The smallest absolute Gasteiger partial charge is 0.224 e. The third kappa shape index (κ3) is 3.16. The van der Waals surface area contributed by atoms with Crippen LogP contribution in [-0.2, 0) is 5.41 Å². The van der Waals surface area contributed by atoms with Gasteiger partial charge in [0.2, 0.25) is 16.6 Å². The van der Waals surface area contributed by atoms with E-state index in [-0.39, 0.29) is 0 Å². The summed E-state index contributed by atoms with van der Waals surface area (Å²) in [5.41, 5.74) is 4.56. The van der Waals surface area contributed by atoms with Gasteiger partial charge in [-0.3, -0.25) is 0 Å². The fourth-order valence-corrected chi connectivity index (χ4v) is 10.3. The van der Waals surface area contributed by atoms with Crippen molar-refractivity contribution in [2.75, 3.05) is 0 Å². The van der Waals surface area contributed by atoms with E-state index >= 15 is 0 Å². The Morgan fingerprint density at radius 2 is 0.968 bits per heavy atom. The highest BCUT2D eigenvalue weighted by Crippen LogP contribution is 2.59. The summed E-state index contributed by atoms with van der Waals surface area (Å²) in [5.74, 6) is 0. The van der Waals surface area contributed by atoms with E-state index in [1.807, 2.05) is 26.2 Å². The molecule has 0 bridgehead atoms. The second-order valence-corrected chi connectivity index (χ2v) is 19.4. The summed E-state index contributed by atoms with van der Waals surface area (Å²) in [6, 6.07) is 25.9. The third-order valence-electron chi connectivity index (χ3n) is 6.10. The molecular formula is C25H26O2S2Si2. The largest absolute Gasteiger partial charge is 0.427 e. The van der Waals surface area contributed by atoms with Crippen LogP contribution in [0.3, 0.4) is 0 Å². The van der Waals surface area contributed by atoms with Gasteiger partial charge in [0.25, 0.3) is 0 Å². The Bertz CT molecular complexity index is 1150. The van der Waals surface area contributed by atoms with Crippen molar-refractivity contribution < 1.29 is 9.59 Å². The number of benzene rings is 2. The van der Waals surface area contributed by atoms with Crippen LogP contribution in [-0.4, -0.2) is 26.2 Å². The summed E-state index contributed by atoms with van der Waals surface area (Å²) in [4.78, 5) is 24.4. The minimum absolute atomic E-state index is 0.435. The van der Waals surface area contributed by atoms with Crippen molar-refractivity contribution in [3.63, 3.8) is 0 Å². The van der Waals surface area contributed by atoms with Crippen molar-refractivity contribution in [3.05, 3.63) is 95.1 Å². The summed E-state index contributed by atoms with van der Waals surface area (Å²) in [7, 11) is -4.92. The zero-order valence-electron chi connectivity index (χ0n) is 18.1. The zero-order valence-corrected chi connectivity index (χ0v) is 21.8.